The summed E-state index contributed by atoms with van der Waals surface area (Å²) in [6, 6.07) is 6.01. The number of anilines is 1. The van der Waals surface area contributed by atoms with Crippen molar-refractivity contribution in [3.8, 4) is 11.3 Å². The number of carbonyl (C=O) groups excluding carboxylic acids is 1. The van der Waals surface area contributed by atoms with Gasteiger partial charge in [-0.1, -0.05) is 11.8 Å². The summed E-state index contributed by atoms with van der Waals surface area (Å²) < 4.78 is 38.1. The summed E-state index contributed by atoms with van der Waals surface area (Å²) in [5, 5.41) is 13.9. The number of thiazole rings is 1. The lowest BCUT2D eigenvalue weighted by Gasteiger charge is -2.07. The van der Waals surface area contributed by atoms with E-state index in [2.05, 4.69) is 20.5 Å². The van der Waals surface area contributed by atoms with Crippen LogP contribution in [-0.2, 0) is 28.1 Å². The largest absolute Gasteiger partial charge is 0.309 e. The summed E-state index contributed by atoms with van der Waals surface area (Å²) in [6.45, 7) is 0. The van der Waals surface area contributed by atoms with E-state index in [0.29, 0.717) is 34.6 Å². The van der Waals surface area contributed by atoms with Crippen LogP contribution in [0.15, 0.2) is 34.8 Å². The molecule has 1 aliphatic heterocycles. The molecule has 1 aliphatic rings. The standard InChI is InChI=1S/C19H20FN5O3S3/c1-25-16(8-12-6-7-31(27,28)11-12)23-24-19(25)30-10-17(26)22-18-21-15(9-29-18)13-2-4-14(20)5-3-13/h2-5,9,12H,6-8,10-11H2,1H3,(H,21,22,26). The Hall–Kier alpha value is -2.31. The summed E-state index contributed by atoms with van der Waals surface area (Å²) in [5.74, 6) is 0.800. The molecule has 8 nitrogen and oxygen atoms in total. The van der Waals surface area contributed by atoms with E-state index in [0.717, 1.165) is 5.56 Å². The Kier molecular flexibility index (Phi) is 6.39. The zero-order chi connectivity index (χ0) is 22.0. The van der Waals surface area contributed by atoms with E-state index >= 15 is 0 Å². The molecule has 164 valence electrons. The van der Waals surface area contributed by atoms with Gasteiger partial charge in [-0.05, 0) is 36.6 Å². The third-order valence-corrected chi connectivity index (χ3v) is 8.56. The van der Waals surface area contributed by atoms with Crippen molar-refractivity contribution in [2.75, 3.05) is 22.6 Å². The Labute approximate surface area is 187 Å². The molecule has 1 atom stereocenters. The first kappa shape index (κ1) is 21.9. The van der Waals surface area contributed by atoms with Crippen molar-refractivity contribution < 1.29 is 17.6 Å². The van der Waals surface area contributed by atoms with Crippen LogP contribution in [0.5, 0.6) is 0 Å². The fourth-order valence-electron chi connectivity index (χ4n) is 3.31. The van der Waals surface area contributed by atoms with Crippen LogP contribution in [0, 0.1) is 11.7 Å². The van der Waals surface area contributed by atoms with E-state index in [9.17, 15) is 17.6 Å². The van der Waals surface area contributed by atoms with Crippen LogP contribution in [0.25, 0.3) is 11.3 Å². The van der Waals surface area contributed by atoms with Crippen LogP contribution >= 0.6 is 23.1 Å². The molecule has 12 heteroatoms. The molecule has 2 aromatic heterocycles. The average molecular weight is 482 g/mol. The van der Waals surface area contributed by atoms with Gasteiger partial charge in [0.25, 0.3) is 0 Å². The molecule has 0 bridgehead atoms. The number of hydrogen-bond donors (Lipinski definition) is 1. The molecular weight excluding hydrogens is 461 g/mol. The van der Waals surface area contributed by atoms with Gasteiger partial charge in [0.15, 0.2) is 20.1 Å². The Balaban J connectivity index is 1.30. The SMILES string of the molecule is Cn1c(CC2CCS(=O)(=O)C2)nnc1SCC(=O)Nc1nc(-c2ccc(F)cc2)cs1. The second-order valence-corrected chi connectivity index (χ2v) is 11.3. The number of hydrogen-bond acceptors (Lipinski definition) is 8. The topological polar surface area (TPSA) is 107 Å². The molecule has 1 N–H and O–H groups in total. The fraction of sp³-hybridized carbons (Fsp3) is 0.368. The second-order valence-electron chi connectivity index (χ2n) is 7.31. The monoisotopic (exact) mass is 481 g/mol. The number of benzene rings is 1. The van der Waals surface area contributed by atoms with Crippen LogP contribution in [0.1, 0.15) is 12.2 Å². The summed E-state index contributed by atoms with van der Waals surface area (Å²) in [6.07, 6.45) is 1.20. The predicted molar refractivity (Wildman–Crippen MR) is 118 cm³/mol. The third kappa shape index (κ3) is 5.49. The highest BCUT2D eigenvalue weighted by molar-refractivity contribution is 7.99. The molecule has 3 aromatic rings. The van der Waals surface area contributed by atoms with Crippen LogP contribution < -0.4 is 5.32 Å². The zero-order valence-electron chi connectivity index (χ0n) is 16.6. The van der Waals surface area contributed by atoms with Crippen molar-refractivity contribution in [1.29, 1.82) is 0 Å². The Morgan fingerprint density at radius 1 is 1.32 bits per heavy atom. The van der Waals surface area contributed by atoms with Gasteiger partial charge in [-0.2, -0.15) is 0 Å². The van der Waals surface area contributed by atoms with Crippen LogP contribution in [0.4, 0.5) is 9.52 Å². The Bertz CT molecular complexity index is 1190. The molecule has 31 heavy (non-hydrogen) atoms. The van der Waals surface area contributed by atoms with Gasteiger partial charge in [0.1, 0.15) is 11.6 Å². The molecule has 0 aliphatic carbocycles. The van der Waals surface area contributed by atoms with Gasteiger partial charge in [0.2, 0.25) is 5.91 Å². The van der Waals surface area contributed by atoms with Gasteiger partial charge in [-0.25, -0.2) is 17.8 Å². The molecule has 0 saturated carbocycles. The van der Waals surface area contributed by atoms with Crippen molar-refractivity contribution in [3.63, 3.8) is 0 Å². The number of thioether (sulfide) groups is 1. The molecule has 1 amide bonds. The maximum Gasteiger partial charge on any atom is 0.236 e. The minimum absolute atomic E-state index is 0.0641. The Morgan fingerprint density at radius 3 is 2.81 bits per heavy atom. The van der Waals surface area contributed by atoms with E-state index in [-0.39, 0.29) is 34.9 Å². The molecule has 0 spiro atoms. The molecule has 4 rings (SSSR count). The second kappa shape index (κ2) is 9.05. The molecule has 1 fully saturated rings. The van der Waals surface area contributed by atoms with E-state index in [1.807, 2.05) is 7.05 Å². The molecule has 1 saturated heterocycles. The summed E-state index contributed by atoms with van der Waals surface area (Å²) in [4.78, 5) is 16.7. The Morgan fingerprint density at radius 2 is 2.10 bits per heavy atom. The van der Waals surface area contributed by atoms with Gasteiger partial charge < -0.3 is 9.88 Å². The summed E-state index contributed by atoms with van der Waals surface area (Å²) in [7, 11) is -1.11. The molecule has 1 unspecified atom stereocenters. The first-order chi connectivity index (χ1) is 14.8. The minimum Gasteiger partial charge on any atom is -0.309 e. The zero-order valence-corrected chi connectivity index (χ0v) is 19.1. The lowest BCUT2D eigenvalue weighted by molar-refractivity contribution is -0.113. The molecule has 1 aromatic carbocycles. The number of nitrogens with zero attached hydrogens (tertiary/aromatic N) is 4. The number of amides is 1. The average Bonchev–Trinajstić information content (AvgIpc) is 3.41. The number of carbonyl (C=O) groups is 1. The smallest absolute Gasteiger partial charge is 0.236 e. The number of nitrogens with one attached hydrogen (secondary N) is 1. The quantitative estimate of drug-likeness (QED) is 0.517. The van der Waals surface area contributed by atoms with Crippen molar-refractivity contribution in [3.05, 3.63) is 41.3 Å². The lowest BCUT2D eigenvalue weighted by Crippen LogP contribution is -2.14. The van der Waals surface area contributed by atoms with E-state index in [4.69, 9.17) is 0 Å². The highest BCUT2D eigenvalue weighted by Crippen LogP contribution is 2.26. The number of rotatable bonds is 7. The molecule has 0 radical (unpaired) electrons. The van der Waals surface area contributed by atoms with Crippen LogP contribution in [0.2, 0.25) is 0 Å². The highest BCUT2D eigenvalue weighted by atomic mass is 32.2. The minimum atomic E-state index is -2.93. The maximum absolute atomic E-state index is 13.1. The summed E-state index contributed by atoms with van der Waals surface area (Å²) in [5.41, 5.74) is 1.44. The molecular formula is C19H20FN5O3S3. The normalized spacial score (nSPS) is 17.7. The third-order valence-electron chi connectivity index (χ3n) is 4.95. The highest BCUT2D eigenvalue weighted by Gasteiger charge is 2.29. The summed E-state index contributed by atoms with van der Waals surface area (Å²) >= 11 is 2.55. The number of aromatic nitrogens is 4. The van der Waals surface area contributed by atoms with Crippen molar-refractivity contribution in [2.45, 2.75) is 18.0 Å². The first-order valence-corrected chi connectivity index (χ1v) is 13.2. The van der Waals surface area contributed by atoms with E-state index in [1.54, 1.807) is 22.1 Å². The van der Waals surface area contributed by atoms with Crippen LogP contribution in [-0.4, -0.2) is 51.3 Å². The first-order valence-electron chi connectivity index (χ1n) is 9.52. The van der Waals surface area contributed by atoms with Gasteiger partial charge in [0.05, 0.1) is 23.0 Å². The van der Waals surface area contributed by atoms with Gasteiger partial charge in [-0.3, -0.25) is 4.79 Å². The fourth-order valence-corrected chi connectivity index (χ4v) is 6.64. The van der Waals surface area contributed by atoms with Crippen LogP contribution in [0.3, 0.4) is 0 Å². The number of halogens is 1. The van der Waals surface area contributed by atoms with Gasteiger partial charge >= 0.3 is 0 Å². The van der Waals surface area contributed by atoms with Crippen molar-refractivity contribution >= 4 is 44.0 Å². The van der Waals surface area contributed by atoms with Gasteiger partial charge in [0, 0.05) is 24.4 Å². The lowest BCUT2D eigenvalue weighted by atomic mass is 10.1. The number of sulfone groups is 1. The van der Waals surface area contributed by atoms with Crippen molar-refractivity contribution in [2.24, 2.45) is 13.0 Å². The van der Waals surface area contributed by atoms with Gasteiger partial charge in [-0.15, -0.1) is 21.5 Å². The van der Waals surface area contributed by atoms with E-state index < -0.39 is 9.84 Å². The van der Waals surface area contributed by atoms with E-state index in [1.165, 1.54) is 35.2 Å². The maximum atomic E-state index is 13.1. The van der Waals surface area contributed by atoms with Crippen molar-refractivity contribution in [1.82, 2.24) is 19.7 Å². The predicted octanol–water partition coefficient (Wildman–Crippen LogP) is 2.79. The molecule has 3 heterocycles.